The maximum Gasteiger partial charge on any atom is 0.264 e. The molecule has 4 aromatic carbocycles. The number of sulfonamides is 1. The second-order valence-electron chi connectivity index (χ2n) is 11.7. The van der Waals surface area contributed by atoms with E-state index in [0.29, 0.717) is 17.8 Å². The fraction of sp³-hybridized carbons (Fsp3) is 0.278. The Balaban J connectivity index is 1.79. The summed E-state index contributed by atoms with van der Waals surface area (Å²) in [6.07, 6.45) is 0.201. The van der Waals surface area contributed by atoms with Crippen molar-refractivity contribution < 1.29 is 22.4 Å². The van der Waals surface area contributed by atoms with Crippen LogP contribution in [0.15, 0.2) is 108 Å². The molecule has 1 atom stereocenters. The zero-order valence-electron chi connectivity index (χ0n) is 26.1. The van der Waals surface area contributed by atoms with E-state index in [-0.39, 0.29) is 29.7 Å². The molecule has 4 rings (SSSR count). The summed E-state index contributed by atoms with van der Waals surface area (Å²) in [7, 11) is -4.18. The van der Waals surface area contributed by atoms with Crippen LogP contribution in [0.2, 0.25) is 0 Å². The summed E-state index contributed by atoms with van der Waals surface area (Å²) >= 11 is 0. The van der Waals surface area contributed by atoms with Gasteiger partial charge in [0.05, 0.1) is 10.6 Å². The standard InChI is InChI=1S/C36H40FN3O4S/c1-26(2)23-38-36(42)34(22-29-8-6-5-7-9-29)39(24-30-14-16-31(37)17-15-30)35(41)25-40(32-18-10-27(3)11-19-32)45(43,44)33-20-12-28(4)13-21-33/h5-21,26,34H,22-25H2,1-4H3,(H,38,42). The first-order valence-corrected chi connectivity index (χ1v) is 16.4. The van der Waals surface area contributed by atoms with Crippen LogP contribution in [0, 0.1) is 25.6 Å². The third-order valence-electron chi connectivity index (χ3n) is 7.43. The highest BCUT2D eigenvalue weighted by Crippen LogP contribution is 2.26. The Kier molecular flexibility index (Phi) is 11.1. The Hall–Kier alpha value is -4.50. The number of amides is 2. The number of hydrogen-bond acceptors (Lipinski definition) is 4. The number of nitrogens with zero attached hydrogens (tertiary/aromatic N) is 2. The Bertz CT molecular complexity index is 1680. The minimum absolute atomic E-state index is 0.0297. The van der Waals surface area contributed by atoms with Gasteiger partial charge in [-0.05, 0) is 67.3 Å². The van der Waals surface area contributed by atoms with Crippen LogP contribution in [0.25, 0.3) is 0 Å². The van der Waals surface area contributed by atoms with Gasteiger partial charge in [-0.2, -0.15) is 0 Å². The van der Waals surface area contributed by atoms with Crippen molar-refractivity contribution >= 4 is 27.5 Å². The number of benzene rings is 4. The van der Waals surface area contributed by atoms with Crippen molar-refractivity contribution in [2.75, 3.05) is 17.4 Å². The van der Waals surface area contributed by atoms with Gasteiger partial charge in [-0.1, -0.05) is 91.7 Å². The van der Waals surface area contributed by atoms with E-state index in [4.69, 9.17) is 0 Å². The van der Waals surface area contributed by atoms with Crippen LogP contribution >= 0.6 is 0 Å². The third-order valence-corrected chi connectivity index (χ3v) is 9.22. The molecular weight excluding hydrogens is 589 g/mol. The van der Waals surface area contributed by atoms with Gasteiger partial charge in [-0.15, -0.1) is 0 Å². The van der Waals surface area contributed by atoms with Gasteiger partial charge in [-0.25, -0.2) is 12.8 Å². The van der Waals surface area contributed by atoms with E-state index in [0.717, 1.165) is 21.0 Å². The van der Waals surface area contributed by atoms with Gasteiger partial charge in [0.1, 0.15) is 18.4 Å². The van der Waals surface area contributed by atoms with E-state index in [2.05, 4.69) is 5.32 Å². The summed E-state index contributed by atoms with van der Waals surface area (Å²) in [6, 6.07) is 27.4. The van der Waals surface area contributed by atoms with Gasteiger partial charge in [0.25, 0.3) is 10.0 Å². The second-order valence-corrected chi connectivity index (χ2v) is 13.5. The van der Waals surface area contributed by atoms with Gasteiger partial charge in [0, 0.05) is 19.5 Å². The Labute approximate surface area is 265 Å². The molecule has 0 aliphatic carbocycles. The molecule has 9 heteroatoms. The average Bonchev–Trinajstić information content (AvgIpc) is 3.02. The molecule has 4 aromatic rings. The molecule has 0 aliphatic rings. The second kappa shape index (κ2) is 15.0. The first-order valence-electron chi connectivity index (χ1n) is 15.0. The highest BCUT2D eigenvalue weighted by atomic mass is 32.2. The number of halogens is 1. The molecule has 0 radical (unpaired) electrons. The Morgan fingerprint density at radius 2 is 1.36 bits per heavy atom. The van der Waals surface area contributed by atoms with Gasteiger partial charge in [0.15, 0.2) is 0 Å². The van der Waals surface area contributed by atoms with Crippen molar-refractivity contribution in [1.29, 1.82) is 0 Å². The summed E-state index contributed by atoms with van der Waals surface area (Å²) in [5.41, 5.74) is 3.58. The van der Waals surface area contributed by atoms with Crippen molar-refractivity contribution in [3.05, 3.63) is 131 Å². The van der Waals surface area contributed by atoms with E-state index < -0.39 is 34.3 Å². The number of nitrogens with one attached hydrogen (secondary N) is 1. The van der Waals surface area contributed by atoms with Gasteiger partial charge >= 0.3 is 0 Å². The van der Waals surface area contributed by atoms with Crippen molar-refractivity contribution in [2.45, 2.75) is 51.6 Å². The molecule has 7 nitrogen and oxygen atoms in total. The van der Waals surface area contributed by atoms with Gasteiger partial charge < -0.3 is 10.2 Å². The molecule has 45 heavy (non-hydrogen) atoms. The highest BCUT2D eigenvalue weighted by Gasteiger charge is 2.34. The van der Waals surface area contributed by atoms with E-state index in [1.165, 1.54) is 29.2 Å². The minimum atomic E-state index is -4.18. The van der Waals surface area contributed by atoms with Gasteiger partial charge in [-0.3, -0.25) is 13.9 Å². The topological polar surface area (TPSA) is 86.8 Å². The number of aryl methyl sites for hydroxylation is 2. The lowest BCUT2D eigenvalue weighted by Gasteiger charge is -2.34. The summed E-state index contributed by atoms with van der Waals surface area (Å²) in [5, 5.41) is 2.96. The number of hydrogen-bond donors (Lipinski definition) is 1. The molecule has 236 valence electrons. The SMILES string of the molecule is Cc1ccc(N(CC(=O)N(Cc2ccc(F)cc2)C(Cc2ccccc2)C(=O)NCC(C)C)S(=O)(=O)c2ccc(C)cc2)cc1. The van der Waals surface area contributed by atoms with Crippen LogP contribution in [-0.2, 0) is 32.6 Å². The maximum atomic E-state index is 14.4. The largest absolute Gasteiger partial charge is 0.354 e. The lowest BCUT2D eigenvalue weighted by atomic mass is 10.0. The van der Waals surface area contributed by atoms with Crippen molar-refractivity contribution in [2.24, 2.45) is 5.92 Å². The van der Waals surface area contributed by atoms with Crippen molar-refractivity contribution in [1.82, 2.24) is 10.2 Å². The zero-order valence-corrected chi connectivity index (χ0v) is 26.9. The van der Waals surface area contributed by atoms with Crippen LogP contribution in [0.4, 0.5) is 10.1 Å². The molecule has 0 fully saturated rings. The van der Waals surface area contributed by atoms with E-state index >= 15 is 0 Å². The molecule has 1 unspecified atom stereocenters. The Morgan fingerprint density at radius 3 is 1.93 bits per heavy atom. The quantitative estimate of drug-likeness (QED) is 0.195. The first kappa shape index (κ1) is 33.4. The summed E-state index contributed by atoms with van der Waals surface area (Å²) < 4.78 is 43.1. The predicted octanol–water partition coefficient (Wildman–Crippen LogP) is 6.05. The fourth-order valence-corrected chi connectivity index (χ4v) is 6.25. The lowest BCUT2D eigenvalue weighted by Crippen LogP contribution is -2.53. The van der Waals surface area contributed by atoms with Crippen molar-refractivity contribution in [3.63, 3.8) is 0 Å². The number of rotatable bonds is 13. The first-order chi connectivity index (χ1) is 21.4. The monoisotopic (exact) mass is 629 g/mol. The molecule has 0 heterocycles. The normalized spacial score (nSPS) is 12.0. The Morgan fingerprint density at radius 1 is 0.778 bits per heavy atom. The molecule has 0 saturated heterocycles. The lowest BCUT2D eigenvalue weighted by molar-refractivity contribution is -0.140. The third kappa shape index (κ3) is 9.01. The van der Waals surface area contributed by atoms with Crippen molar-refractivity contribution in [3.8, 4) is 0 Å². The molecule has 2 amide bonds. The highest BCUT2D eigenvalue weighted by molar-refractivity contribution is 7.92. The fourth-order valence-electron chi connectivity index (χ4n) is 4.84. The number of carbonyl (C=O) groups is 2. The van der Waals surface area contributed by atoms with Crippen LogP contribution in [-0.4, -0.2) is 44.3 Å². The number of carbonyl (C=O) groups excluding carboxylic acids is 2. The van der Waals surface area contributed by atoms with Gasteiger partial charge in [0.2, 0.25) is 11.8 Å². The smallest absolute Gasteiger partial charge is 0.264 e. The maximum absolute atomic E-state index is 14.4. The molecule has 1 N–H and O–H groups in total. The van der Waals surface area contributed by atoms with Crippen LogP contribution in [0.5, 0.6) is 0 Å². The molecule has 0 saturated carbocycles. The number of anilines is 1. The summed E-state index contributed by atoms with van der Waals surface area (Å²) in [4.78, 5) is 29.7. The zero-order chi connectivity index (χ0) is 32.6. The predicted molar refractivity (Wildman–Crippen MR) is 176 cm³/mol. The van der Waals surface area contributed by atoms with Crippen LogP contribution in [0.1, 0.15) is 36.1 Å². The van der Waals surface area contributed by atoms with Crippen LogP contribution < -0.4 is 9.62 Å². The van der Waals surface area contributed by atoms with E-state index in [1.807, 2.05) is 58.0 Å². The molecule has 0 bridgehead atoms. The van der Waals surface area contributed by atoms with E-state index in [1.54, 1.807) is 48.5 Å². The molecule has 0 aliphatic heterocycles. The average molecular weight is 630 g/mol. The minimum Gasteiger partial charge on any atom is -0.354 e. The molecule has 0 spiro atoms. The van der Waals surface area contributed by atoms with E-state index in [9.17, 15) is 22.4 Å². The van der Waals surface area contributed by atoms with Crippen LogP contribution in [0.3, 0.4) is 0 Å². The molecule has 0 aromatic heterocycles. The molecular formula is C36H40FN3O4S. The summed E-state index contributed by atoms with van der Waals surface area (Å²) in [5.74, 6) is -1.19. The summed E-state index contributed by atoms with van der Waals surface area (Å²) in [6.45, 7) is 7.53.